The fourth-order valence-corrected chi connectivity index (χ4v) is 5.14. The van der Waals surface area contributed by atoms with Crippen molar-refractivity contribution in [1.29, 1.82) is 0 Å². The molecule has 0 saturated carbocycles. The average molecular weight is 591 g/mol. The van der Waals surface area contributed by atoms with E-state index in [1.807, 2.05) is 84.8 Å². The molecule has 0 aliphatic carbocycles. The average Bonchev–Trinajstić information content (AvgIpc) is 3.48. The van der Waals surface area contributed by atoms with Crippen LogP contribution in [0, 0.1) is 6.92 Å². The molecule has 4 aromatic carbocycles. The van der Waals surface area contributed by atoms with Crippen molar-refractivity contribution in [2.24, 2.45) is 7.05 Å². The van der Waals surface area contributed by atoms with Gasteiger partial charge >= 0.3 is 0 Å². The van der Waals surface area contributed by atoms with E-state index in [0.29, 0.717) is 19.8 Å². The minimum absolute atomic E-state index is 0.472. The van der Waals surface area contributed by atoms with Crippen molar-refractivity contribution >= 4 is 0 Å². The van der Waals surface area contributed by atoms with E-state index in [4.69, 9.17) is 18.9 Å². The van der Waals surface area contributed by atoms with E-state index < -0.39 is 0 Å². The van der Waals surface area contributed by atoms with Gasteiger partial charge in [-0.2, -0.15) is 5.10 Å². The second kappa shape index (κ2) is 15.1. The third kappa shape index (κ3) is 7.81. The van der Waals surface area contributed by atoms with Crippen LogP contribution in [0.3, 0.4) is 0 Å². The van der Waals surface area contributed by atoms with Crippen LogP contribution in [-0.4, -0.2) is 23.0 Å². The predicted molar refractivity (Wildman–Crippen MR) is 176 cm³/mol. The molecular weight excluding hydrogens is 548 g/mol. The van der Waals surface area contributed by atoms with E-state index in [9.17, 15) is 0 Å². The van der Waals surface area contributed by atoms with Gasteiger partial charge in [0.15, 0.2) is 0 Å². The maximum absolute atomic E-state index is 6.36. The fraction of sp³-hybridized carbons (Fsp3) is 0.289. The van der Waals surface area contributed by atoms with Crippen LogP contribution >= 0.6 is 0 Å². The molecule has 0 unspecified atom stereocenters. The summed E-state index contributed by atoms with van der Waals surface area (Å²) in [5.74, 6) is 4.19. The molecule has 228 valence electrons. The Bertz CT molecular complexity index is 1640. The van der Waals surface area contributed by atoms with Crippen LogP contribution in [0.25, 0.3) is 11.1 Å². The van der Waals surface area contributed by atoms with Crippen LogP contribution in [0.2, 0.25) is 0 Å². The van der Waals surface area contributed by atoms with E-state index in [1.165, 1.54) is 0 Å². The molecule has 6 heteroatoms. The Morgan fingerprint density at radius 3 is 2.18 bits per heavy atom. The van der Waals surface area contributed by atoms with Crippen molar-refractivity contribution in [3.8, 4) is 39.9 Å². The number of aryl methyl sites for hydroxylation is 3. The van der Waals surface area contributed by atoms with Crippen molar-refractivity contribution in [2.75, 3.05) is 13.2 Å². The zero-order chi connectivity index (χ0) is 30.7. The van der Waals surface area contributed by atoms with Crippen LogP contribution in [0.5, 0.6) is 28.7 Å². The quantitative estimate of drug-likeness (QED) is 0.114. The molecule has 0 bridgehead atoms. The standard InChI is InChI=1S/C38H42N2O4/c1-5-14-32-35(19-12-20-36(32)44-34-18-11-10-15-28(34)3)41-21-13-22-42-37-24-38(43-27-29-16-8-7-9-17-29)33(23-30(37)6-2)31-25-39-40(4)26-31/h7-12,15-20,23-26H,5-6,13-14,21-22,27H2,1-4H3. The largest absolute Gasteiger partial charge is 0.493 e. The second-order valence-electron chi connectivity index (χ2n) is 10.9. The topological polar surface area (TPSA) is 54.7 Å². The van der Waals surface area contributed by atoms with Gasteiger partial charge in [0.2, 0.25) is 0 Å². The fourth-order valence-electron chi connectivity index (χ4n) is 5.14. The molecule has 0 radical (unpaired) electrons. The molecular formula is C38H42N2O4. The molecule has 0 aliphatic rings. The van der Waals surface area contributed by atoms with E-state index in [0.717, 1.165) is 87.8 Å². The highest BCUT2D eigenvalue weighted by Gasteiger charge is 2.16. The number of nitrogens with zero attached hydrogens (tertiary/aromatic N) is 2. The SMILES string of the molecule is CCCc1c(OCCCOc2cc(OCc3ccccc3)c(-c3cnn(C)c3)cc2CC)cccc1Oc1ccccc1C. The van der Waals surface area contributed by atoms with E-state index in [1.54, 1.807) is 0 Å². The van der Waals surface area contributed by atoms with Gasteiger partial charge in [0.1, 0.15) is 35.4 Å². The highest BCUT2D eigenvalue weighted by atomic mass is 16.5. The van der Waals surface area contributed by atoms with Crippen LogP contribution in [0.15, 0.2) is 97.3 Å². The molecule has 0 aliphatic heterocycles. The van der Waals surface area contributed by atoms with Gasteiger partial charge in [-0.3, -0.25) is 4.68 Å². The summed E-state index contributed by atoms with van der Waals surface area (Å²) in [6.45, 7) is 7.91. The molecule has 0 amide bonds. The van der Waals surface area contributed by atoms with Gasteiger partial charge < -0.3 is 18.9 Å². The van der Waals surface area contributed by atoms with Crippen LogP contribution < -0.4 is 18.9 Å². The zero-order valence-electron chi connectivity index (χ0n) is 26.2. The first-order valence-corrected chi connectivity index (χ1v) is 15.5. The van der Waals surface area contributed by atoms with Gasteiger partial charge in [-0.05, 0) is 60.7 Å². The zero-order valence-corrected chi connectivity index (χ0v) is 26.2. The number of aromatic nitrogens is 2. The summed E-state index contributed by atoms with van der Waals surface area (Å²) in [5.41, 5.74) is 6.47. The minimum Gasteiger partial charge on any atom is -0.493 e. The summed E-state index contributed by atoms with van der Waals surface area (Å²) in [5, 5.41) is 4.38. The van der Waals surface area contributed by atoms with Crippen molar-refractivity contribution < 1.29 is 18.9 Å². The van der Waals surface area contributed by atoms with Gasteiger partial charge in [0, 0.05) is 42.4 Å². The molecule has 44 heavy (non-hydrogen) atoms. The Kier molecular flexibility index (Phi) is 10.6. The molecule has 1 heterocycles. The molecule has 0 N–H and O–H groups in total. The second-order valence-corrected chi connectivity index (χ2v) is 10.9. The van der Waals surface area contributed by atoms with Gasteiger partial charge in [0.25, 0.3) is 0 Å². The first kappa shape index (κ1) is 30.7. The van der Waals surface area contributed by atoms with Crippen LogP contribution in [-0.2, 0) is 26.5 Å². The van der Waals surface area contributed by atoms with Crippen molar-refractivity contribution in [3.05, 3.63) is 120 Å². The lowest BCUT2D eigenvalue weighted by Crippen LogP contribution is -2.08. The molecule has 1 aromatic heterocycles. The maximum atomic E-state index is 6.36. The molecule has 0 spiro atoms. The van der Waals surface area contributed by atoms with Gasteiger partial charge in [0.05, 0.1) is 19.4 Å². The normalized spacial score (nSPS) is 10.9. The third-order valence-corrected chi connectivity index (χ3v) is 7.50. The Labute approximate surface area is 261 Å². The third-order valence-electron chi connectivity index (χ3n) is 7.50. The monoisotopic (exact) mass is 590 g/mol. The Hall–Kier alpha value is -4.71. The lowest BCUT2D eigenvalue weighted by molar-refractivity contribution is 0.243. The number of benzene rings is 4. The van der Waals surface area contributed by atoms with Gasteiger partial charge in [-0.25, -0.2) is 0 Å². The minimum atomic E-state index is 0.472. The lowest BCUT2D eigenvalue weighted by atomic mass is 10.0. The van der Waals surface area contributed by atoms with E-state index in [-0.39, 0.29) is 0 Å². The van der Waals surface area contributed by atoms with Crippen LogP contribution in [0.1, 0.15) is 48.9 Å². The first-order chi connectivity index (χ1) is 21.6. The smallest absolute Gasteiger partial charge is 0.134 e. The summed E-state index contributed by atoms with van der Waals surface area (Å²) < 4.78 is 27.1. The van der Waals surface area contributed by atoms with E-state index in [2.05, 4.69) is 50.1 Å². The number of rotatable bonds is 15. The Balaban J connectivity index is 1.26. The van der Waals surface area contributed by atoms with Crippen molar-refractivity contribution in [3.63, 3.8) is 0 Å². The molecule has 0 atom stereocenters. The number of hydrogen-bond acceptors (Lipinski definition) is 5. The summed E-state index contributed by atoms with van der Waals surface area (Å²) in [4.78, 5) is 0. The Morgan fingerprint density at radius 1 is 0.727 bits per heavy atom. The number of ether oxygens (including phenoxy) is 4. The van der Waals surface area contributed by atoms with Crippen molar-refractivity contribution in [1.82, 2.24) is 9.78 Å². The molecule has 0 fully saturated rings. The molecule has 6 nitrogen and oxygen atoms in total. The molecule has 0 saturated heterocycles. The highest BCUT2D eigenvalue weighted by Crippen LogP contribution is 2.38. The number of hydrogen-bond donors (Lipinski definition) is 0. The Morgan fingerprint density at radius 2 is 1.45 bits per heavy atom. The summed E-state index contributed by atoms with van der Waals surface area (Å²) in [6.07, 6.45) is 7.33. The molecule has 5 aromatic rings. The van der Waals surface area contributed by atoms with Crippen LogP contribution in [0.4, 0.5) is 0 Å². The highest BCUT2D eigenvalue weighted by molar-refractivity contribution is 5.72. The van der Waals surface area contributed by atoms with Crippen molar-refractivity contribution in [2.45, 2.75) is 53.1 Å². The predicted octanol–water partition coefficient (Wildman–Crippen LogP) is 9.13. The lowest BCUT2D eigenvalue weighted by Gasteiger charge is -2.18. The maximum Gasteiger partial charge on any atom is 0.134 e. The van der Waals surface area contributed by atoms with Gasteiger partial charge in [-0.15, -0.1) is 0 Å². The summed E-state index contributed by atoms with van der Waals surface area (Å²) in [7, 11) is 1.92. The number of para-hydroxylation sites is 1. The summed E-state index contributed by atoms with van der Waals surface area (Å²) in [6, 6.07) is 28.5. The first-order valence-electron chi connectivity index (χ1n) is 15.5. The van der Waals surface area contributed by atoms with Gasteiger partial charge in [-0.1, -0.05) is 74.9 Å². The summed E-state index contributed by atoms with van der Waals surface area (Å²) >= 11 is 0. The van der Waals surface area contributed by atoms with E-state index >= 15 is 0 Å². The molecule has 5 rings (SSSR count).